The first kappa shape index (κ1) is 25.9. The highest BCUT2D eigenvalue weighted by molar-refractivity contribution is 5.75. The summed E-state index contributed by atoms with van der Waals surface area (Å²) in [6.45, 7) is 2.19. The summed E-state index contributed by atoms with van der Waals surface area (Å²) in [4.78, 5) is 11.4. The van der Waals surface area contributed by atoms with Crippen molar-refractivity contribution in [1.29, 1.82) is 0 Å². The van der Waals surface area contributed by atoms with E-state index in [0.717, 1.165) is 72.3 Å². The van der Waals surface area contributed by atoms with Crippen molar-refractivity contribution in [2.75, 3.05) is 7.11 Å². The van der Waals surface area contributed by atoms with Crippen LogP contribution in [-0.4, -0.2) is 25.1 Å². The second-order valence-electron chi connectivity index (χ2n) is 9.56. The minimum absolute atomic E-state index is 0.130. The van der Waals surface area contributed by atoms with Gasteiger partial charge in [0.25, 0.3) is 0 Å². The predicted molar refractivity (Wildman–Crippen MR) is 140 cm³/mol. The number of hydrogen-bond donors (Lipinski definition) is 0. The van der Waals surface area contributed by atoms with Crippen LogP contribution in [0.4, 0.5) is 4.39 Å². The molecular formula is C31H35FO4. The second-order valence-corrected chi connectivity index (χ2v) is 9.56. The Morgan fingerprint density at radius 2 is 1.69 bits per heavy atom. The minimum Gasteiger partial charge on any atom is -0.497 e. The quantitative estimate of drug-likeness (QED) is 0.282. The Labute approximate surface area is 213 Å². The molecule has 0 unspecified atom stereocenters. The van der Waals surface area contributed by atoms with Gasteiger partial charge in [-0.1, -0.05) is 30.3 Å². The van der Waals surface area contributed by atoms with Gasteiger partial charge in [0.15, 0.2) is 0 Å². The van der Waals surface area contributed by atoms with Crippen LogP contribution < -0.4 is 9.47 Å². The lowest BCUT2D eigenvalue weighted by Gasteiger charge is -2.29. The monoisotopic (exact) mass is 490 g/mol. The number of hydrogen-bond acceptors (Lipinski definition) is 4. The zero-order valence-corrected chi connectivity index (χ0v) is 21.2. The Kier molecular flexibility index (Phi) is 9.12. The van der Waals surface area contributed by atoms with Crippen molar-refractivity contribution < 1.29 is 23.4 Å². The summed E-state index contributed by atoms with van der Waals surface area (Å²) in [5.41, 5.74) is 4.00. The SMILES string of the molecule is COc1cccc(COC2CCC(Oc3ccc(CCCC(C)=O)c(-c4cccc(F)c4)c3)CC2)c1. The number of ketones is 1. The Hall–Kier alpha value is -3.18. The molecule has 1 fully saturated rings. The molecule has 0 amide bonds. The molecule has 0 aromatic heterocycles. The van der Waals surface area contributed by atoms with Gasteiger partial charge in [-0.05, 0) is 104 Å². The number of benzene rings is 3. The topological polar surface area (TPSA) is 44.8 Å². The molecule has 3 aromatic rings. The van der Waals surface area contributed by atoms with Crippen LogP contribution in [0.3, 0.4) is 0 Å². The molecule has 190 valence electrons. The summed E-state index contributed by atoms with van der Waals surface area (Å²) in [5.74, 6) is 1.56. The lowest BCUT2D eigenvalue weighted by molar-refractivity contribution is -0.117. The number of Topliss-reactive ketones (excluding diaryl/α,β-unsaturated/α-hetero) is 1. The molecule has 4 rings (SSSR count). The summed E-state index contributed by atoms with van der Waals surface area (Å²) in [7, 11) is 1.67. The van der Waals surface area contributed by atoms with Crippen molar-refractivity contribution in [3.05, 3.63) is 83.7 Å². The van der Waals surface area contributed by atoms with E-state index in [0.29, 0.717) is 13.0 Å². The molecule has 0 atom stereocenters. The van der Waals surface area contributed by atoms with E-state index < -0.39 is 0 Å². The molecule has 3 aromatic carbocycles. The number of carbonyl (C=O) groups is 1. The van der Waals surface area contributed by atoms with Gasteiger partial charge in [0, 0.05) is 6.42 Å². The van der Waals surface area contributed by atoms with E-state index in [1.807, 2.05) is 36.4 Å². The molecule has 0 N–H and O–H groups in total. The van der Waals surface area contributed by atoms with Gasteiger partial charge in [-0.25, -0.2) is 4.39 Å². The van der Waals surface area contributed by atoms with Crippen molar-refractivity contribution in [1.82, 2.24) is 0 Å². The fraction of sp³-hybridized carbons (Fsp3) is 0.387. The maximum absolute atomic E-state index is 14.0. The molecule has 36 heavy (non-hydrogen) atoms. The van der Waals surface area contributed by atoms with E-state index in [1.54, 1.807) is 26.2 Å². The highest BCUT2D eigenvalue weighted by Crippen LogP contribution is 2.32. The first-order valence-corrected chi connectivity index (χ1v) is 12.8. The average molecular weight is 491 g/mol. The van der Waals surface area contributed by atoms with Crippen LogP contribution in [0.5, 0.6) is 11.5 Å². The molecule has 0 aliphatic heterocycles. The Bertz CT molecular complexity index is 1150. The van der Waals surface area contributed by atoms with Crippen LogP contribution in [0.25, 0.3) is 11.1 Å². The van der Waals surface area contributed by atoms with E-state index >= 15 is 0 Å². The minimum atomic E-state index is -0.263. The van der Waals surface area contributed by atoms with Gasteiger partial charge in [-0.3, -0.25) is 0 Å². The summed E-state index contributed by atoms with van der Waals surface area (Å²) in [6.07, 6.45) is 6.20. The van der Waals surface area contributed by atoms with Gasteiger partial charge in [-0.15, -0.1) is 0 Å². The summed E-state index contributed by atoms with van der Waals surface area (Å²) < 4.78 is 31.8. The third-order valence-corrected chi connectivity index (χ3v) is 6.74. The Morgan fingerprint density at radius 1 is 0.917 bits per heavy atom. The zero-order chi connectivity index (χ0) is 25.3. The lowest BCUT2D eigenvalue weighted by atomic mass is 9.94. The number of aryl methyl sites for hydroxylation is 1. The van der Waals surface area contributed by atoms with Crippen LogP contribution in [0.1, 0.15) is 56.6 Å². The summed E-state index contributed by atoms with van der Waals surface area (Å²) in [6, 6.07) is 20.7. The number of methoxy groups -OCH3 is 1. The first-order valence-electron chi connectivity index (χ1n) is 12.8. The van der Waals surface area contributed by atoms with Crippen LogP contribution in [0.15, 0.2) is 66.7 Å². The number of carbonyl (C=O) groups excluding carboxylic acids is 1. The smallest absolute Gasteiger partial charge is 0.129 e. The number of ether oxygens (including phenoxy) is 3. The fourth-order valence-corrected chi connectivity index (χ4v) is 4.78. The normalized spacial score (nSPS) is 17.5. The van der Waals surface area contributed by atoms with Gasteiger partial charge in [0.05, 0.1) is 25.9 Å². The van der Waals surface area contributed by atoms with Gasteiger partial charge >= 0.3 is 0 Å². The van der Waals surface area contributed by atoms with Crippen molar-refractivity contribution in [3.63, 3.8) is 0 Å². The molecule has 1 aliphatic rings. The molecule has 0 radical (unpaired) electrons. The summed E-state index contributed by atoms with van der Waals surface area (Å²) in [5, 5.41) is 0. The predicted octanol–water partition coefficient (Wildman–Crippen LogP) is 7.32. The van der Waals surface area contributed by atoms with Gasteiger partial charge in [-0.2, -0.15) is 0 Å². The number of halogens is 1. The Balaban J connectivity index is 1.36. The van der Waals surface area contributed by atoms with Crippen molar-refractivity contribution in [2.24, 2.45) is 0 Å². The number of rotatable bonds is 11. The third kappa shape index (κ3) is 7.41. The molecular weight excluding hydrogens is 455 g/mol. The average Bonchev–Trinajstić information content (AvgIpc) is 2.89. The van der Waals surface area contributed by atoms with Crippen LogP contribution in [0.2, 0.25) is 0 Å². The van der Waals surface area contributed by atoms with Crippen molar-refractivity contribution in [2.45, 2.75) is 70.7 Å². The Morgan fingerprint density at radius 3 is 2.44 bits per heavy atom. The van der Waals surface area contributed by atoms with Crippen LogP contribution in [-0.2, 0) is 22.6 Å². The van der Waals surface area contributed by atoms with Crippen molar-refractivity contribution >= 4 is 5.78 Å². The maximum Gasteiger partial charge on any atom is 0.129 e. The van der Waals surface area contributed by atoms with E-state index in [2.05, 4.69) is 12.1 Å². The largest absolute Gasteiger partial charge is 0.497 e. The highest BCUT2D eigenvalue weighted by Gasteiger charge is 2.23. The maximum atomic E-state index is 14.0. The first-order chi connectivity index (χ1) is 17.5. The molecule has 1 saturated carbocycles. The molecule has 0 bridgehead atoms. The fourth-order valence-electron chi connectivity index (χ4n) is 4.78. The molecule has 0 spiro atoms. The standard InChI is InChI=1S/C31H35FO4/c1-22(33)6-3-8-24-12-13-30(20-31(24)25-9-5-10-26(32)19-25)36-28-16-14-27(15-17-28)35-21-23-7-4-11-29(18-23)34-2/h4-5,7,9-13,18-20,27-28H,3,6,8,14-17,21H2,1-2H3. The second kappa shape index (κ2) is 12.7. The van der Waals surface area contributed by atoms with Gasteiger partial charge in [0.1, 0.15) is 23.1 Å². The molecule has 0 heterocycles. The van der Waals surface area contributed by atoms with E-state index in [1.165, 1.54) is 6.07 Å². The van der Waals surface area contributed by atoms with Crippen molar-refractivity contribution in [3.8, 4) is 22.6 Å². The van der Waals surface area contributed by atoms with Crippen LogP contribution in [0, 0.1) is 5.82 Å². The molecule has 0 saturated heterocycles. The molecule has 1 aliphatic carbocycles. The molecule has 4 nitrogen and oxygen atoms in total. The third-order valence-electron chi connectivity index (χ3n) is 6.74. The van der Waals surface area contributed by atoms with E-state index in [-0.39, 0.29) is 23.8 Å². The lowest BCUT2D eigenvalue weighted by Crippen LogP contribution is -2.28. The van der Waals surface area contributed by atoms with Gasteiger partial charge < -0.3 is 19.0 Å². The zero-order valence-electron chi connectivity index (χ0n) is 21.2. The molecule has 5 heteroatoms. The van der Waals surface area contributed by atoms with Crippen LogP contribution >= 0.6 is 0 Å². The van der Waals surface area contributed by atoms with E-state index in [9.17, 15) is 9.18 Å². The summed E-state index contributed by atoms with van der Waals surface area (Å²) >= 11 is 0. The highest BCUT2D eigenvalue weighted by atomic mass is 19.1. The van der Waals surface area contributed by atoms with E-state index in [4.69, 9.17) is 14.2 Å². The van der Waals surface area contributed by atoms with Gasteiger partial charge in [0.2, 0.25) is 0 Å².